The molecule has 0 spiro atoms. The minimum absolute atomic E-state index is 0.0257. The summed E-state index contributed by atoms with van der Waals surface area (Å²) in [6.07, 6.45) is 3.06. The summed E-state index contributed by atoms with van der Waals surface area (Å²) < 4.78 is 26.8. The number of aromatic nitrogens is 3. The highest BCUT2D eigenvalue weighted by Crippen LogP contribution is 2.42. The molecule has 0 aliphatic carbocycles. The molecule has 1 aliphatic rings. The number of amides is 1. The van der Waals surface area contributed by atoms with E-state index in [-0.39, 0.29) is 17.8 Å². The number of nitrogen functional groups attached to an aromatic ring is 1. The number of carbonyl (C=O) groups is 1. The Labute approximate surface area is 236 Å². The fraction of sp³-hybridized carbons (Fsp3) is 0.379. The first-order valence-corrected chi connectivity index (χ1v) is 14.0. The number of likely N-dealkylation sites (tertiary alicyclic amines) is 1. The van der Waals surface area contributed by atoms with Gasteiger partial charge in [0.1, 0.15) is 16.2 Å². The molecular weight excluding hydrogens is 531 g/mol. The Morgan fingerprint density at radius 3 is 2.67 bits per heavy atom. The van der Waals surface area contributed by atoms with Crippen LogP contribution >= 0.6 is 11.3 Å². The molecule has 3 heterocycles. The molecule has 9 nitrogen and oxygen atoms in total. The van der Waals surface area contributed by atoms with Crippen LogP contribution in [0, 0.1) is 19.7 Å². The molecule has 1 atom stereocenters. The van der Waals surface area contributed by atoms with Crippen LogP contribution in [-0.4, -0.2) is 50.7 Å². The number of nitrogens with two attached hydrogens (primary N) is 1. The Kier molecular flexibility index (Phi) is 7.50. The van der Waals surface area contributed by atoms with Gasteiger partial charge in [0.05, 0.1) is 16.4 Å². The second-order valence-electron chi connectivity index (χ2n) is 10.9. The number of hydrogen-bond acceptors (Lipinski definition) is 9. The number of aryl methyl sites for hydroxylation is 1. The van der Waals surface area contributed by atoms with E-state index >= 15 is 4.39 Å². The number of benzene rings is 2. The van der Waals surface area contributed by atoms with Gasteiger partial charge in [-0.25, -0.2) is 24.1 Å². The summed E-state index contributed by atoms with van der Waals surface area (Å²) in [4.78, 5) is 28.7. The van der Waals surface area contributed by atoms with E-state index in [0.29, 0.717) is 57.6 Å². The predicted molar refractivity (Wildman–Crippen MR) is 155 cm³/mol. The molecule has 210 valence electrons. The van der Waals surface area contributed by atoms with E-state index in [2.05, 4.69) is 15.3 Å². The van der Waals surface area contributed by atoms with E-state index < -0.39 is 11.4 Å². The normalized spacial score (nSPS) is 15.8. The molecule has 2 aromatic heterocycles. The number of fused-ring (bicyclic) bond motifs is 1. The Hall–Kier alpha value is -3.99. The van der Waals surface area contributed by atoms with Crippen molar-refractivity contribution in [1.82, 2.24) is 19.9 Å². The van der Waals surface area contributed by atoms with Crippen molar-refractivity contribution in [1.29, 1.82) is 0 Å². The summed E-state index contributed by atoms with van der Waals surface area (Å²) in [5.74, 6) is 0.623. The molecule has 4 aromatic rings. The molecule has 2 aromatic carbocycles. The van der Waals surface area contributed by atoms with Gasteiger partial charge in [0.25, 0.3) is 0 Å². The summed E-state index contributed by atoms with van der Waals surface area (Å²) in [7, 11) is 0. The number of anilines is 2. The van der Waals surface area contributed by atoms with Gasteiger partial charge in [-0.15, -0.1) is 11.3 Å². The second-order valence-corrected chi connectivity index (χ2v) is 12.1. The van der Waals surface area contributed by atoms with Crippen molar-refractivity contribution in [3.8, 4) is 22.2 Å². The maximum atomic E-state index is 15.0. The number of piperidine rings is 1. The fourth-order valence-electron chi connectivity index (χ4n) is 4.73. The van der Waals surface area contributed by atoms with E-state index in [1.807, 2.05) is 45.9 Å². The number of nitrogens with zero attached hydrogens (tertiary/aromatic N) is 4. The van der Waals surface area contributed by atoms with E-state index in [0.717, 1.165) is 17.8 Å². The highest BCUT2D eigenvalue weighted by molar-refractivity contribution is 7.15. The van der Waals surface area contributed by atoms with Gasteiger partial charge in [0, 0.05) is 41.7 Å². The maximum absolute atomic E-state index is 15.0. The van der Waals surface area contributed by atoms with Gasteiger partial charge in [0.15, 0.2) is 5.82 Å². The third kappa shape index (κ3) is 5.79. The minimum Gasteiger partial charge on any atom is -0.444 e. The summed E-state index contributed by atoms with van der Waals surface area (Å²) in [6, 6.07) is 9.05. The molecular formula is C29H33FN6O3S. The first-order valence-electron chi connectivity index (χ1n) is 13.2. The zero-order chi connectivity index (χ0) is 28.6. The van der Waals surface area contributed by atoms with Gasteiger partial charge in [-0.2, -0.15) is 0 Å². The number of rotatable bonds is 5. The maximum Gasteiger partial charge on any atom is 0.410 e. The molecule has 5 rings (SSSR count). The van der Waals surface area contributed by atoms with Crippen LogP contribution in [0.4, 0.5) is 20.8 Å². The lowest BCUT2D eigenvalue weighted by Crippen LogP contribution is -2.47. The molecule has 40 heavy (non-hydrogen) atoms. The predicted octanol–water partition coefficient (Wildman–Crippen LogP) is 6.70. The van der Waals surface area contributed by atoms with Gasteiger partial charge in [-0.1, -0.05) is 24.3 Å². The molecule has 1 fully saturated rings. The van der Waals surface area contributed by atoms with Crippen LogP contribution in [0.3, 0.4) is 0 Å². The topological polar surface area (TPSA) is 115 Å². The molecule has 1 saturated heterocycles. The second kappa shape index (κ2) is 10.9. The van der Waals surface area contributed by atoms with Crippen molar-refractivity contribution in [3.63, 3.8) is 0 Å². The lowest BCUT2D eigenvalue weighted by molar-refractivity contribution is 0.0206. The standard InChI is InChI=1S/C29H33FN6O3S/c1-16-22(30)23(31)19-10-6-7-11-20(19)24(16)38-26-25(40-17(2)33-26)21-12-13-32-27(35-21)34-18-9-8-14-36(15-18)28(37)39-29(3,4)5/h6-7,10-13,18H,8-9,14-15,31H2,1-5H3,(H,32,34,35)/t18-/m0/s1. The van der Waals surface area contributed by atoms with Crippen molar-refractivity contribution in [2.24, 2.45) is 0 Å². The molecule has 0 unspecified atom stereocenters. The van der Waals surface area contributed by atoms with Crippen LogP contribution in [0.25, 0.3) is 21.3 Å². The number of nitrogens with one attached hydrogen (secondary N) is 1. The molecule has 0 bridgehead atoms. The Morgan fingerprint density at radius 2 is 1.93 bits per heavy atom. The average molecular weight is 565 g/mol. The van der Waals surface area contributed by atoms with Crippen LogP contribution < -0.4 is 15.8 Å². The van der Waals surface area contributed by atoms with Crippen molar-refractivity contribution < 1.29 is 18.7 Å². The van der Waals surface area contributed by atoms with Crippen LogP contribution in [0.15, 0.2) is 36.5 Å². The molecule has 1 amide bonds. The van der Waals surface area contributed by atoms with E-state index in [4.69, 9.17) is 20.2 Å². The highest BCUT2D eigenvalue weighted by Gasteiger charge is 2.28. The number of carbonyl (C=O) groups excluding carboxylic acids is 1. The smallest absolute Gasteiger partial charge is 0.410 e. The minimum atomic E-state index is -0.551. The van der Waals surface area contributed by atoms with Gasteiger partial charge in [-0.05, 0) is 53.5 Å². The largest absolute Gasteiger partial charge is 0.444 e. The van der Waals surface area contributed by atoms with Crippen LogP contribution in [0.1, 0.15) is 44.2 Å². The number of halogens is 1. The Balaban J connectivity index is 1.40. The molecule has 0 radical (unpaired) electrons. The zero-order valence-corrected chi connectivity index (χ0v) is 24.1. The number of ether oxygens (including phenoxy) is 2. The van der Waals surface area contributed by atoms with E-state index in [1.165, 1.54) is 11.3 Å². The van der Waals surface area contributed by atoms with Crippen molar-refractivity contribution in [2.45, 2.75) is 59.1 Å². The Bertz CT molecular complexity index is 1570. The fourth-order valence-corrected chi connectivity index (χ4v) is 5.55. The molecule has 3 N–H and O–H groups in total. The molecule has 1 aliphatic heterocycles. The van der Waals surface area contributed by atoms with E-state index in [9.17, 15) is 4.79 Å². The van der Waals surface area contributed by atoms with Crippen LogP contribution in [-0.2, 0) is 4.74 Å². The summed E-state index contributed by atoms with van der Waals surface area (Å²) in [6.45, 7) is 10.2. The summed E-state index contributed by atoms with van der Waals surface area (Å²) in [5.41, 5.74) is 6.53. The van der Waals surface area contributed by atoms with Gasteiger partial charge >= 0.3 is 6.09 Å². The van der Waals surface area contributed by atoms with Crippen molar-refractivity contribution in [2.75, 3.05) is 24.1 Å². The average Bonchev–Trinajstić information content (AvgIpc) is 3.29. The van der Waals surface area contributed by atoms with Gasteiger partial charge in [0.2, 0.25) is 11.8 Å². The van der Waals surface area contributed by atoms with Crippen molar-refractivity contribution in [3.05, 3.63) is 52.9 Å². The lowest BCUT2D eigenvalue weighted by atomic mass is 10.0. The van der Waals surface area contributed by atoms with Crippen LogP contribution in [0.5, 0.6) is 11.6 Å². The molecule has 0 saturated carbocycles. The third-order valence-electron chi connectivity index (χ3n) is 6.56. The van der Waals surface area contributed by atoms with Gasteiger partial charge in [-0.3, -0.25) is 0 Å². The SMILES string of the molecule is Cc1nc(Oc2c(C)c(F)c(N)c3ccccc23)c(-c2ccnc(N[C@H]3CCCN(C(=O)OC(C)(C)C)C3)n2)s1. The zero-order valence-electron chi connectivity index (χ0n) is 23.2. The first-order chi connectivity index (χ1) is 19.0. The number of thiazole rings is 1. The highest BCUT2D eigenvalue weighted by atomic mass is 32.1. The third-order valence-corrected chi connectivity index (χ3v) is 7.54. The van der Waals surface area contributed by atoms with Gasteiger partial charge < -0.3 is 25.4 Å². The summed E-state index contributed by atoms with van der Waals surface area (Å²) >= 11 is 1.43. The first kappa shape index (κ1) is 27.6. The Morgan fingerprint density at radius 1 is 1.18 bits per heavy atom. The quantitative estimate of drug-likeness (QED) is 0.258. The monoisotopic (exact) mass is 564 g/mol. The number of hydrogen-bond donors (Lipinski definition) is 2. The van der Waals surface area contributed by atoms with E-state index in [1.54, 1.807) is 30.2 Å². The molecule has 11 heteroatoms. The summed E-state index contributed by atoms with van der Waals surface area (Å²) in [5, 5.41) is 5.42. The van der Waals surface area contributed by atoms with Crippen LogP contribution in [0.2, 0.25) is 0 Å². The lowest BCUT2D eigenvalue weighted by Gasteiger charge is -2.34. The van der Waals surface area contributed by atoms with Crippen molar-refractivity contribution >= 4 is 39.8 Å².